The fourth-order valence-electron chi connectivity index (χ4n) is 4.88. The van der Waals surface area contributed by atoms with Gasteiger partial charge < -0.3 is 4.74 Å². The summed E-state index contributed by atoms with van der Waals surface area (Å²) in [6.45, 7) is 1.68. The molecule has 0 atom stereocenters. The number of nitrogens with zero attached hydrogens (tertiary/aromatic N) is 6. The van der Waals surface area contributed by atoms with Gasteiger partial charge in [0.15, 0.2) is 15.9 Å². The number of ether oxygens (including phenoxy) is 1. The highest BCUT2D eigenvalue weighted by molar-refractivity contribution is 9.10. The van der Waals surface area contributed by atoms with Gasteiger partial charge in [-0.2, -0.15) is 9.97 Å². The van der Waals surface area contributed by atoms with Gasteiger partial charge in [0.05, 0.1) is 44.6 Å². The lowest BCUT2D eigenvalue weighted by atomic mass is 10.2. The molecule has 2 aromatic heterocycles. The van der Waals surface area contributed by atoms with Crippen molar-refractivity contribution in [2.24, 2.45) is 0 Å². The van der Waals surface area contributed by atoms with E-state index in [2.05, 4.69) is 25.9 Å². The second-order valence-corrected chi connectivity index (χ2v) is 12.8. The van der Waals surface area contributed by atoms with Gasteiger partial charge in [-0.05, 0) is 75.6 Å². The van der Waals surface area contributed by atoms with Gasteiger partial charge >= 0.3 is 6.09 Å². The number of hydrogen-bond acceptors (Lipinski definition) is 6. The van der Waals surface area contributed by atoms with Crippen LogP contribution in [-0.4, -0.2) is 31.5 Å². The molecule has 2 amide bonds. The molecule has 6 aromatic rings. The van der Waals surface area contributed by atoms with Crippen molar-refractivity contribution in [2.75, 3.05) is 9.80 Å². The predicted molar refractivity (Wildman–Crippen MR) is 193 cm³/mol. The normalized spacial score (nSPS) is 11.0. The fraction of sp³-hybridized carbons (Fsp3) is 0.0882. The first kappa shape index (κ1) is 33.7. The lowest BCUT2D eigenvalue weighted by molar-refractivity contribution is -0.116. The molecule has 242 valence electrons. The van der Waals surface area contributed by atoms with Crippen molar-refractivity contribution in [3.05, 3.63) is 133 Å². The van der Waals surface area contributed by atoms with Crippen molar-refractivity contribution in [3.63, 3.8) is 0 Å². The number of fused-ring (bicyclic) bond motifs is 1. The summed E-state index contributed by atoms with van der Waals surface area (Å²) in [6.07, 6.45) is -0.757. The number of hydrogen-bond donors (Lipinski definition) is 0. The lowest BCUT2D eigenvalue weighted by Gasteiger charge is -2.23. The van der Waals surface area contributed by atoms with Gasteiger partial charge in [-0.15, -0.1) is 0 Å². The maximum Gasteiger partial charge on any atom is 0.425 e. The van der Waals surface area contributed by atoms with E-state index in [0.29, 0.717) is 41.8 Å². The standard InChI is InChI=1S/C34H23BrCl4N6O3/c1-20(46)43(18-21-12-14-25(36)27(38)16-21)33-41-30-29(40-32(35)44(30)19-22-13-15-26(37)28(39)17-22)31(42-33)48-34(47)45(23-8-4-2-5-9-23)24-10-6-3-7-11-24/h2-17H,18-19H2,1H3. The number of halogens is 5. The van der Waals surface area contributed by atoms with Crippen molar-refractivity contribution in [2.45, 2.75) is 20.0 Å². The van der Waals surface area contributed by atoms with Crippen molar-refractivity contribution < 1.29 is 14.3 Å². The van der Waals surface area contributed by atoms with Crippen LogP contribution >= 0.6 is 62.3 Å². The molecule has 0 aliphatic carbocycles. The minimum absolute atomic E-state index is 0.0300. The van der Waals surface area contributed by atoms with E-state index in [-0.39, 0.29) is 42.0 Å². The Kier molecular flexibility index (Phi) is 10.2. The van der Waals surface area contributed by atoms with Crippen LogP contribution in [0.3, 0.4) is 0 Å². The Labute approximate surface area is 303 Å². The molecule has 0 radical (unpaired) electrons. The van der Waals surface area contributed by atoms with Gasteiger partial charge in [-0.3, -0.25) is 14.3 Å². The highest BCUT2D eigenvalue weighted by atomic mass is 79.9. The third-order valence-corrected chi connectivity index (χ3v) is 9.25. The molecule has 0 aliphatic heterocycles. The first-order valence-electron chi connectivity index (χ1n) is 14.3. The van der Waals surface area contributed by atoms with Gasteiger partial charge in [0.25, 0.3) is 5.88 Å². The second-order valence-electron chi connectivity index (χ2n) is 10.4. The summed E-state index contributed by atoms with van der Waals surface area (Å²) < 4.78 is 8.14. The molecule has 0 N–H and O–H groups in total. The largest absolute Gasteiger partial charge is 0.425 e. The van der Waals surface area contributed by atoms with Gasteiger partial charge in [0.1, 0.15) is 0 Å². The molecule has 0 saturated carbocycles. The zero-order valence-corrected chi connectivity index (χ0v) is 29.6. The monoisotopic (exact) mass is 782 g/mol. The Morgan fingerprint density at radius 2 is 1.31 bits per heavy atom. The summed E-state index contributed by atoms with van der Waals surface area (Å²) in [5, 5.41) is 1.49. The number of benzene rings is 4. The number of anilines is 3. The maximum atomic E-state index is 14.0. The molecule has 0 aliphatic rings. The van der Waals surface area contributed by atoms with Crippen molar-refractivity contribution in [1.29, 1.82) is 0 Å². The number of carbonyl (C=O) groups is 2. The van der Waals surface area contributed by atoms with E-state index in [1.54, 1.807) is 59.2 Å². The molecular formula is C34H23BrCl4N6O3. The molecular weight excluding hydrogens is 762 g/mol. The zero-order chi connectivity index (χ0) is 33.9. The third-order valence-electron chi connectivity index (χ3n) is 7.17. The first-order chi connectivity index (χ1) is 23.1. The van der Waals surface area contributed by atoms with E-state index in [1.165, 1.54) is 16.7 Å². The van der Waals surface area contributed by atoms with Crippen LogP contribution < -0.4 is 14.5 Å². The van der Waals surface area contributed by atoms with Crippen LogP contribution in [0.2, 0.25) is 20.1 Å². The number of amides is 2. The lowest BCUT2D eigenvalue weighted by Crippen LogP contribution is -2.31. The van der Waals surface area contributed by atoms with E-state index in [0.717, 1.165) is 5.56 Å². The van der Waals surface area contributed by atoms with Crippen LogP contribution in [0.15, 0.2) is 102 Å². The molecule has 14 heteroatoms. The van der Waals surface area contributed by atoms with Gasteiger partial charge in [-0.25, -0.2) is 14.7 Å². The topological polar surface area (TPSA) is 93.5 Å². The number of para-hydroxylation sites is 2. The van der Waals surface area contributed by atoms with Crippen LogP contribution in [0.5, 0.6) is 5.88 Å². The van der Waals surface area contributed by atoms with Crippen LogP contribution in [0, 0.1) is 0 Å². The maximum absolute atomic E-state index is 14.0. The minimum atomic E-state index is -0.757. The molecule has 48 heavy (non-hydrogen) atoms. The average molecular weight is 785 g/mol. The first-order valence-corrected chi connectivity index (χ1v) is 16.6. The molecule has 6 rings (SSSR count). The summed E-state index contributed by atoms with van der Waals surface area (Å²) in [4.78, 5) is 43.9. The van der Waals surface area contributed by atoms with Crippen molar-refractivity contribution >= 4 is 103 Å². The summed E-state index contributed by atoms with van der Waals surface area (Å²) in [7, 11) is 0. The van der Waals surface area contributed by atoms with Gasteiger partial charge in [-0.1, -0.05) is 94.9 Å². The van der Waals surface area contributed by atoms with E-state index < -0.39 is 6.09 Å². The second kappa shape index (κ2) is 14.5. The van der Waals surface area contributed by atoms with E-state index in [9.17, 15) is 9.59 Å². The highest BCUT2D eigenvalue weighted by Gasteiger charge is 2.27. The Morgan fingerprint density at radius 1 is 0.750 bits per heavy atom. The Balaban J connectivity index is 1.48. The Morgan fingerprint density at radius 3 is 1.88 bits per heavy atom. The highest BCUT2D eigenvalue weighted by Crippen LogP contribution is 2.33. The van der Waals surface area contributed by atoms with Gasteiger partial charge in [0, 0.05) is 6.92 Å². The molecule has 4 aromatic carbocycles. The van der Waals surface area contributed by atoms with Crippen LogP contribution in [0.1, 0.15) is 18.1 Å². The molecule has 0 saturated heterocycles. The Hall–Kier alpha value is -4.19. The SMILES string of the molecule is CC(=O)N(Cc1ccc(Cl)c(Cl)c1)c1nc(OC(=O)N(c2ccccc2)c2ccccc2)c2nc(Br)n(Cc3ccc(Cl)c(Cl)c3)c2n1. The smallest absolute Gasteiger partial charge is 0.388 e. The van der Waals surface area contributed by atoms with Crippen molar-refractivity contribution in [1.82, 2.24) is 19.5 Å². The summed E-state index contributed by atoms with van der Waals surface area (Å²) in [5.74, 6) is -0.564. The van der Waals surface area contributed by atoms with Crippen LogP contribution in [-0.2, 0) is 17.9 Å². The van der Waals surface area contributed by atoms with E-state index in [1.807, 2.05) is 42.5 Å². The molecule has 9 nitrogen and oxygen atoms in total. The fourth-order valence-corrected chi connectivity index (χ4v) is 5.99. The third kappa shape index (κ3) is 7.28. The van der Waals surface area contributed by atoms with E-state index in [4.69, 9.17) is 56.1 Å². The molecule has 0 unspecified atom stereocenters. The average Bonchev–Trinajstić information content (AvgIpc) is 3.38. The van der Waals surface area contributed by atoms with Gasteiger partial charge in [0.2, 0.25) is 11.9 Å². The minimum Gasteiger partial charge on any atom is -0.388 e. The quantitative estimate of drug-likeness (QED) is 0.143. The molecule has 0 fully saturated rings. The number of rotatable bonds is 8. The summed E-state index contributed by atoms with van der Waals surface area (Å²) in [6, 6.07) is 28.4. The number of aromatic nitrogens is 4. The predicted octanol–water partition coefficient (Wildman–Crippen LogP) is 10.1. The van der Waals surface area contributed by atoms with E-state index >= 15 is 0 Å². The Bertz CT molecular complexity index is 2110. The molecule has 0 spiro atoms. The van der Waals surface area contributed by atoms with Crippen molar-refractivity contribution in [3.8, 4) is 5.88 Å². The van der Waals surface area contributed by atoms with Crippen LogP contribution in [0.4, 0.5) is 22.1 Å². The number of imidazole rings is 1. The summed E-state index contributed by atoms with van der Waals surface area (Å²) in [5.41, 5.74) is 3.06. The molecule has 2 heterocycles. The summed E-state index contributed by atoms with van der Waals surface area (Å²) >= 11 is 28.4. The van der Waals surface area contributed by atoms with Crippen LogP contribution in [0.25, 0.3) is 11.2 Å². The molecule has 0 bridgehead atoms. The number of carbonyl (C=O) groups excluding carboxylic acids is 2. The zero-order valence-electron chi connectivity index (χ0n) is 24.9.